The second kappa shape index (κ2) is 11.9. The lowest BCUT2D eigenvalue weighted by molar-refractivity contribution is -0.149. The van der Waals surface area contributed by atoms with E-state index >= 15 is 0 Å². The van der Waals surface area contributed by atoms with Crippen LogP contribution in [0.25, 0.3) is 0 Å². The molecule has 1 unspecified atom stereocenters. The number of ether oxygens (including phenoxy) is 1. The molecule has 36 heavy (non-hydrogen) atoms. The topological polar surface area (TPSA) is 75.9 Å². The van der Waals surface area contributed by atoms with Gasteiger partial charge in [0.15, 0.2) is 5.69 Å². The van der Waals surface area contributed by atoms with Gasteiger partial charge in [-0.3, -0.25) is 14.5 Å². The number of hydrogen-bond acceptors (Lipinski definition) is 6. The molecular formula is C27H29F2N3O4. The number of benzene rings is 2. The minimum Gasteiger partial charge on any atom is -0.466 e. The van der Waals surface area contributed by atoms with E-state index in [2.05, 4.69) is 4.98 Å². The molecular weight excluding hydrogens is 468 g/mol. The van der Waals surface area contributed by atoms with E-state index in [9.17, 15) is 18.4 Å². The van der Waals surface area contributed by atoms with E-state index in [1.807, 2.05) is 11.0 Å². The average molecular weight is 498 g/mol. The van der Waals surface area contributed by atoms with Crippen molar-refractivity contribution in [2.24, 2.45) is 5.92 Å². The van der Waals surface area contributed by atoms with Crippen molar-refractivity contribution in [2.75, 3.05) is 19.7 Å². The van der Waals surface area contributed by atoms with Gasteiger partial charge in [-0.25, -0.2) is 13.8 Å². The maximum Gasteiger partial charge on any atom is 0.310 e. The summed E-state index contributed by atoms with van der Waals surface area (Å²) in [7, 11) is 0. The van der Waals surface area contributed by atoms with Gasteiger partial charge in [0, 0.05) is 26.2 Å². The van der Waals surface area contributed by atoms with Gasteiger partial charge in [-0.05, 0) is 55.2 Å². The lowest BCUT2D eigenvalue weighted by atomic mass is 9.98. The van der Waals surface area contributed by atoms with Gasteiger partial charge in [0.1, 0.15) is 17.9 Å². The summed E-state index contributed by atoms with van der Waals surface area (Å²) in [4.78, 5) is 33.1. The van der Waals surface area contributed by atoms with Crippen molar-refractivity contribution in [3.05, 3.63) is 89.1 Å². The van der Waals surface area contributed by atoms with Crippen LogP contribution in [0.3, 0.4) is 0 Å². The van der Waals surface area contributed by atoms with Crippen LogP contribution in [-0.4, -0.2) is 46.4 Å². The predicted molar refractivity (Wildman–Crippen MR) is 128 cm³/mol. The van der Waals surface area contributed by atoms with Crippen LogP contribution in [0, 0.1) is 17.6 Å². The standard InChI is InChI=1S/C27H29F2N3O4/c1-2-35-27(34)21-6-4-12-32(16-21)26(33)24-18-36-25(30-24)17-31(14-19-8-10-22(28)11-9-19)15-20-5-3-7-23(29)13-20/h3,5,7-11,13,18,21H,2,4,6,12,14-17H2,1H3. The molecule has 3 aromatic rings. The first-order chi connectivity index (χ1) is 17.4. The first-order valence-corrected chi connectivity index (χ1v) is 12.0. The van der Waals surface area contributed by atoms with Crippen molar-refractivity contribution >= 4 is 11.9 Å². The Labute approximate surface area is 208 Å². The van der Waals surface area contributed by atoms with Crippen molar-refractivity contribution < 1.29 is 27.5 Å². The highest BCUT2D eigenvalue weighted by Gasteiger charge is 2.31. The highest BCUT2D eigenvalue weighted by molar-refractivity contribution is 5.92. The predicted octanol–water partition coefficient (Wildman–Crippen LogP) is 4.57. The molecule has 1 aliphatic rings. The molecule has 0 radical (unpaired) electrons. The maximum absolute atomic E-state index is 13.7. The average Bonchev–Trinajstić information content (AvgIpc) is 3.33. The molecule has 7 nitrogen and oxygen atoms in total. The Morgan fingerprint density at radius 1 is 1.08 bits per heavy atom. The number of halogens is 2. The van der Waals surface area contributed by atoms with Crippen LogP contribution >= 0.6 is 0 Å². The molecule has 1 fully saturated rings. The van der Waals surface area contributed by atoms with E-state index in [4.69, 9.17) is 9.15 Å². The summed E-state index contributed by atoms with van der Waals surface area (Å²) in [6.45, 7) is 3.98. The monoisotopic (exact) mass is 497 g/mol. The number of esters is 1. The fraction of sp³-hybridized carbons (Fsp3) is 0.370. The third kappa shape index (κ3) is 6.75. The fourth-order valence-electron chi connectivity index (χ4n) is 4.36. The normalized spacial score (nSPS) is 15.8. The third-order valence-electron chi connectivity index (χ3n) is 6.07. The van der Waals surface area contributed by atoms with E-state index in [1.54, 1.807) is 30.0 Å². The largest absolute Gasteiger partial charge is 0.466 e. The number of rotatable bonds is 9. The van der Waals surface area contributed by atoms with E-state index < -0.39 is 0 Å². The Bertz CT molecular complexity index is 1180. The highest BCUT2D eigenvalue weighted by atomic mass is 19.1. The van der Waals surface area contributed by atoms with Gasteiger partial charge in [-0.2, -0.15) is 0 Å². The lowest BCUT2D eigenvalue weighted by Gasteiger charge is -2.30. The molecule has 9 heteroatoms. The number of hydrogen-bond donors (Lipinski definition) is 0. The number of aromatic nitrogens is 1. The van der Waals surface area contributed by atoms with Gasteiger partial charge < -0.3 is 14.1 Å². The number of nitrogens with zero attached hydrogens (tertiary/aromatic N) is 3. The van der Waals surface area contributed by atoms with E-state index in [0.29, 0.717) is 45.0 Å². The van der Waals surface area contributed by atoms with Crippen molar-refractivity contribution in [1.29, 1.82) is 0 Å². The molecule has 0 bridgehead atoms. The third-order valence-corrected chi connectivity index (χ3v) is 6.07. The smallest absolute Gasteiger partial charge is 0.310 e. The van der Waals surface area contributed by atoms with Crippen LogP contribution in [0.15, 0.2) is 59.2 Å². The van der Waals surface area contributed by atoms with Crippen LogP contribution in [-0.2, 0) is 29.2 Å². The van der Waals surface area contributed by atoms with Gasteiger partial charge in [-0.1, -0.05) is 24.3 Å². The Morgan fingerprint density at radius 3 is 2.61 bits per heavy atom. The number of carbonyl (C=O) groups is 2. The van der Waals surface area contributed by atoms with Gasteiger partial charge in [0.2, 0.25) is 5.89 Å². The highest BCUT2D eigenvalue weighted by Crippen LogP contribution is 2.21. The van der Waals surface area contributed by atoms with Crippen molar-refractivity contribution in [3.63, 3.8) is 0 Å². The summed E-state index contributed by atoms with van der Waals surface area (Å²) in [6.07, 6.45) is 2.72. The number of likely N-dealkylation sites (tertiary alicyclic amines) is 1. The van der Waals surface area contributed by atoms with E-state index in [1.165, 1.54) is 30.5 Å². The molecule has 0 aliphatic carbocycles. The van der Waals surface area contributed by atoms with Gasteiger partial charge >= 0.3 is 5.97 Å². The van der Waals surface area contributed by atoms with Gasteiger partial charge in [-0.15, -0.1) is 0 Å². The number of amides is 1. The molecule has 0 spiro atoms. The molecule has 1 aromatic heterocycles. The van der Waals surface area contributed by atoms with Crippen LogP contribution in [0.1, 0.15) is 47.3 Å². The van der Waals surface area contributed by atoms with Gasteiger partial charge in [0.05, 0.1) is 19.1 Å². The molecule has 190 valence electrons. The summed E-state index contributed by atoms with van der Waals surface area (Å²) < 4.78 is 37.8. The van der Waals surface area contributed by atoms with Gasteiger partial charge in [0.25, 0.3) is 5.91 Å². The van der Waals surface area contributed by atoms with Crippen molar-refractivity contribution in [3.8, 4) is 0 Å². The summed E-state index contributed by atoms with van der Waals surface area (Å²) in [5, 5.41) is 0. The summed E-state index contributed by atoms with van der Waals surface area (Å²) in [6, 6.07) is 12.5. The Kier molecular flexibility index (Phi) is 8.43. The maximum atomic E-state index is 13.7. The zero-order valence-corrected chi connectivity index (χ0v) is 20.2. The molecule has 1 aliphatic heterocycles. The Balaban J connectivity index is 1.45. The molecule has 1 saturated heterocycles. The molecule has 4 rings (SSSR count). The SMILES string of the molecule is CCOC(=O)C1CCCN(C(=O)c2coc(CN(Cc3ccc(F)cc3)Cc3cccc(F)c3)n2)C1. The molecule has 0 N–H and O–H groups in total. The van der Waals surface area contributed by atoms with Crippen molar-refractivity contribution in [2.45, 2.75) is 39.4 Å². The number of oxazole rings is 1. The van der Waals surface area contributed by atoms with Crippen molar-refractivity contribution in [1.82, 2.24) is 14.8 Å². The first kappa shape index (κ1) is 25.5. The molecule has 1 amide bonds. The number of piperidine rings is 1. The summed E-state index contributed by atoms with van der Waals surface area (Å²) in [5.41, 5.74) is 1.80. The zero-order chi connectivity index (χ0) is 25.5. The quantitative estimate of drug-likeness (QED) is 0.403. The second-order valence-electron chi connectivity index (χ2n) is 8.87. The van der Waals surface area contributed by atoms with E-state index in [-0.39, 0.29) is 48.2 Å². The molecule has 2 aromatic carbocycles. The summed E-state index contributed by atoms with van der Waals surface area (Å²) >= 11 is 0. The molecule has 0 saturated carbocycles. The summed E-state index contributed by atoms with van der Waals surface area (Å²) in [5.74, 6) is -1.25. The minimum absolute atomic E-state index is 0.169. The van der Waals surface area contributed by atoms with Crippen LogP contribution in [0.4, 0.5) is 8.78 Å². The minimum atomic E-state index is -0.341. The van der Waals surface area contributed by atoms with Crippen LogP contribution in [0.5, 0.6) is 0 Å². The number of carbonyl (C=O) groups excluding carboxylic acids is 2. The van der Waals surface area contributed by atoms with Crippen LogP contribution < -0.4 is 0 Å². The Morgan fingerprint density at radius 2 is 1.86 bits per heavy atom. The first-order valence-electron chi connectivity index (χ1n) is 12.0. The van der Waals surface area contributed by atoms with Crippen LogP contribution in [0.2, 0.25) is 0 Å². The lowest BCUT2D eigenvalue weighted by Crippen LogP contribution is -2.43. The second-order valence-corrected chi connectivity index (χ2v) is 8.87. The molecule has 2 heterocycles. The fourth-order valence-corrected chi connectivity index (χ4v) is 4.36. The zero-order valence-electron chi connectivity index (χ0n) is 20.2. The van der Waals surface area contributed by atoms with E-state index in [0.717, 1.165) is 11.1 Å². The molecule has 1 atom stereocenters. The Hall–Kier alpha value is -3.59.